The number of rotatable bonds is 3. The number of ether oxygens (including phenoxy) is 1. The Balaban J connectivity index is 1.58. The molecule has 114 valence electrons. The van der Waals surface area contributed by atoms with Crippen LogP contribution in [0.2, 0.25) is 0 Å². The molecule has 0 saturated carbocycles. The molecule has 2 atom stereocenters. The molecule has 0 spiro atoms. The second-order valence-corrected chi connectivity index (χ2v) is 6.16. The van der Waals surface area contributed by atoms with Gasteiger partial charge in [0.1, 0.15) is 0 Å². The van der Waals surface area contributed by atoms with Crippen LogP contribution in [0, 0.1) is 0 Å². The van der Waals surface area contributed by atoms with Crippen LogP contribution < -0.4 is 4.90 Å². The molecule has 2 unspecified atom stereocenters. The van der Waals surface area contributed by atoms with E-state index in [0.717, 1.165) is 38.3 Å². The Bertz CT molecular complexity index is 517. The van der Waals surface area contributed by atoms with Gasteiger partial charge in [-0.1, -0.05) is 18.2 Å². The minimum Gasteiger partial charge on any atom is -0.376 e. The van der Waals surface area contributed by atoms with E-state index < -0.39 is 0 Å². The highest BCUT2D eigenvalue weighted by Crippen LogP contribution is 2.28. The summed E-state index contributed by atoms with van der Waals surface area (Å²) in [5, 5.41) is 0. The number of morpholine rings is 1. The van der Waals surface area contributed by atoms with E-state index in [9.17, 15) is 4.79 Å². The van der Waals surface area contributed by atoms with Crippen molar-refractivity contribution in [1.82, 2.24) is 4.90 Å². The van der Waals surface area contributed by atoms with Crippen LogP contribution in [0.1, 0.15) is 25.8 Å². The van der Waals surface area contributed by atoms with Gasteiger partial charge in [-0.25, -0.2) is 0 Å². The van der Waals surface area contributed by atoms with E-state index in [1.165, 1.54) is 5.56 Å². The fourth-order valence-electron chi connectivity index (χ4n) is 3.26. The summed E-state index contributed by atoms with van der Waals surface area (Å²) in [7, 11) is 0. The van der Waals surface area contributed by atoms with Crippen LogP contribution in [-0.4, -0.2) is 49.2 Å². The standard InChI is InChI=1S/C17H24N2O2/c1-13-12-21-14(2)11-18(13)9-8-17(20)19-10-7-15-5-3-4-6-16(15)19/h3-6,13-14H,7-12H2,1-2H3. The molecule has 0 N–H and O–H groups in total. The van der Waals surface area contributed by atoms with E-state index in [1.807, 2.05) is 17.0 Å². The maximum atomic E-state index is 12.5. The van der Waals surface area contributed by atoms with Crippen LogP contribution in [-0.2, 0) is 16.0 Å². The molecule has 2 heterocycles. The monoisotopic (exact) mass is 288 g/mol. The number of benzene rings is 1. The van der Waals surface area contributed by atoms with Crippen LogP contribution >= 0.6 is 0 Å². The molecule has 0 aromatic heterocycles. The molecule has 1 aromatic carbocycles. The lowest BCUT2D eigenvalue weighted by Gasteiger charge is -2.36. The van der Waals surface area contributed by atoms with Crippen LogP contribution in [0.25, 0.3) is 0 Å². The van der Waals surface area contributed by atoms with Gasteiger partial charge in [-0.2, -0.15) is 0 Å². The van der Waals surface area contributed by atoms with Crippen LogP contribution in [0.5, 0.6) is 0 Å². The predicted octanol–water partition coefficient (Wildman–Crippen LogP) is 2.07. The van der Waals surface area contributed by atoms with E-state index >= 15 is 0 Å². The lowest BCUT2D eigenvalue weighted by atomic mass is 10.1. The van der Waals surface area contributed by atoms with E-state index in [4.69, 9.17) is 4.74 Å². The zero-order valence-electron chi connectivity index (χ0n) is 12.9. The summed E-state index contributed by atoms with van der Waals surface area (Å²) in [6, 6.07) is 8.63. The molecule has 1 aromatic rings. The molecule has 4 heteroatoms. The maximum Gasteiger partial charge on any atom is 0.228 e. The fraction of sp³-hybridized carbons (Fsp3) is 0.588. The number of para-hydroxylation sites is 1. The molecule has 2 aliphatic rings. The summed E-state index contributed by atoms with van der Waals surface area (Å²) in [5.74, 6) is 0.242. The topological polar surface area (TPSA) is 32.8 Å². The molecule has 1 saturated heterocycles. The SMILES string of the molecule is CC1CN(CCC(=O)N2CCc3ccccc32)C(C)CO1. The average molecular weight is 288 g/mol. The first-order chi connectivity index (χ1) is 10.1. The Labute approximate surface area is 126 Å². The number of hydrogen-bond acceptors (Lipinski definition) is 3. The molecule has 1 fully saturated rings. The van der Waals surface area contributed by atoms with Gasteiger partial charge in [0.15, 0.2) is 0 Å². The highest BCUT2D eigenvalue weighted by molar-refractivity contribution is 5.95. The van der Waals surface area contributed by atoms with Gasteiger partial charge in [0.2, 0.25) is 5.91 Å². The van der Waals surface area contributed by atoms with Crippen molar-refractivity contribution in [3.8, 4) is 0 Å². The summed E-state index contributed by atoms with van der Waals surface area (Å²) in [5.41, 5.74) is 2.39. The Hall–Kier alpha value is -1.39. The Kier molecular flexibility index (Phi) is 4.27. The average Bonchev–Trinajstić information content (AvgIpc) is 2.92. The first-order valence-corrected chi connectivity index (χ1v) is 7.89. The minimum atomic E-state index is 0.242. The summed E-state index contributed by atoms with van der Waals surface area (Å²) < 4.78 is 5.64. The van der Waals surface area contributed by atoms with Gasteiger partial charge in [0.05, 0.1) is 12.7 Å². The van der Waals surface area contributed by atoms with Crippen LogP contribution in [0.4, 0.5) is 5.69 Å². The maximum absolute atomic E-state index is 12.5. The van der Waals surface area contributed by atoms with Crippen molar-refractivity contribution in [3.05, 3.63) is 29.8 Å². The van der Waals surface area contributed by atoms with Gasteiger partial charge in [-0.15, -0.1) is 0 Å². The second-order valence-electron chi connectivity index (χ2n) is 6.16. The molecule has 0 bridgehead atoms. The van der Waals surface area contributed by atoms with Crippen LogP contribution in [0.15, 0.2) is 24.3 Å². The van der Waals surface area contributed by atoms with E-state index in [-0.39, 0.29) is 12.0 Å². The molecular weight excluding hydrogens is 264 g/mol. The molecule has 1 amide bonds. The quantitative estimate of drug-likeness (QED) is 0.853. The Morgan fingerprint density at radius 2 is 2.14 bits per heavy atom. The van der Waals surface area contributed by atoms with Crippen molar-refractivity contribution >= 4 is 11.6 Å². The predicted molar refractivity (Wildman–Crippen MR) is 83.6 cm³/mol. The number of carbonyl (C=O) groups excluding carboxylic acids is 1. The Morgan fingerprint density at radius 1 is 1.33 bits per heavy atom. The third-order valence-corrected chi connectivity index (χ3v) is 4.54. The van der Waals surface area contributed by atoms with Crippen molar-refractivity contribution in [2.75, 3.05) is 31.1 Å². The van der Waals surface area contributed by atoms with E-state index in [0.29, 0.717) is 12.5 Å². The Morgan fingerprint density at radius 3 is 3.00 bits per heavy atom. The molecule has 0 aliphatic carbocycles. The molecule has 3 rings (SSSR count). The van der Waals surface area contributed by atoms with Gasteiger partial charge in [0.25, 0.3) is 0 Å². The third kappa shape index (κ3) is 3.11. The number of amides is 1. The highest BCUT2D eigenvalue weighted by Gasteiger charge is 2.27. The summed E-state index contributed by atoms with van der Waals surface area (Å²) >= 11 is 0. The zero-order valence-corrected chi connectivity index (χ0v) is 12.9. The van der Waals surface area contributed by atoms with Crippen molar-refractivity contribution in [3.63, 3.8) is 0 Å². The fourth-order valence-corrected chi connectivity index (χ4v) is 3.26. The number of carbonyl (C=O) groups is 1. The minimum absolute atomic E-state index is 0.242. The molecule has 21 heavy (non-hydrogen) atoms. The van der Waals surface area contributed by atoms with Gasteiger partial charge in [0, 0.05) is 37.8 Å². The molecule has 0 radical (unpaired) electrons. The normalized spacial score (nSPS) is 25.9. The first-order valence-electron chi connectivity index (χ1n) is 7.89. The molecular formula is C17H24N2O2. The van der Waals surface area contributed by atoms with E-state index in [2.05, 4.69) is 30.9 Å². The summed E-state index contributed by atoms with van der Waals surface area (Å²) in [6.45, 7) is 7.60. The van der Waals surface area contributed by atoms with Crippen molar-refractivity contribution in [2.45, 2.75) is 38.8 Å². The van der Waals surface area contributed by atoms with Gasteiger partial charge >= 0.3 is 0 Å². The van der Waals surface area contributed by atoms with Crippen LogP contribution in [0.3, 0.4) is 0 Å². The van der Waals surface area contributed by atoms with Gasteiger partial charge < -0.3 is 9.64 Å². The lowest BCUT2D eigenvalue weighted by Crippen LogP contribution is -2.48. The third-order valence-electron chi connectivity index (χ3n) is 4.54. The molecule has 4 nitrogen and oxygen atoms in total. The van der Waals surface area contributed by atoms with E-state index in [1.54, 1.807) is 0 Å². The summed E-state index contributed by atoms with van der Waals surface area (Å²) in [4.78, 5) is 16.8. The number of nitrogens with zero attached hydrogens (tertiary/aromatic N) is 2. The van der Waals surface area contributed by atoms with Gasteiger partial charge in [-0.05, 0) is 31.9 Å². The molecule has 2 aliphatic heterocycles. The van der Waals surface area contributed by atoms with Gasteiger partial charge in [-0.3, -0.25) is 9.69 Å². The second kappa shape index (κ2) is 6.16. The first kappa shape index (κ1) is 14.5. The number of anilines is 1. The number of fused-ring (bicyclic) bond motifs is 1. The smallest absolute Gasteiger partial charge is 0.228 e. The zero-order chi connectivity index (χ0) is 14.8. The largest absolute Gasteiger partial charge is 0.376 e. The number of hydrogen-bond donors (Lipinski definition) is 0. The van der Waals surface area contributed by atoms with Crippen molar-refractivity contribution < 1.29 is 9.53 Å². The highest BCUT2D eigenvalue weighted by atomic mass is 16.5. The summed E-state index contributed by atoms with van der Waals surface area (Å²) in [6.07, 6.45) is 1.84. The van der Waals surface area contributed by atoms with Crippen molar-refractivity contribution in [2.24, 2.45) is 0 Å². The van der Waals surface area contributed by atoms with Crippen molar-refractivity contribution in [1.29, 1.82) is 0 Å². The lowest BCUT2D eigenvalue weighted by molar-refractivity contribution is -0.119.